The van der Waals surface area contributed by atoms with Gasteiger partial charge in [0.1, 0.15) is 6.04 Å². The summed E-state index contributed by atoms with van der Waals surface area (Å²) < 4.78 is 56.2. The minimum absolute atomic E-state index is 0.114. The Labute approximate surface area is 197 Å². The van der Waals surface area contributed by atoms with E-state index in [0.29, 0.717) is 10.9 Å². The molecule has 33 heavy (non-hydrogen) atoms. The van der Waals surface area contributed by atoms with Crippen LogP contribution in [-0.4, -0.2) is 50.0 Å². The highest BCUT2D eigenvalue weighted by Gasteiger charge is 2.66. The van der Waals surface area contributed by atoms with Crippen LogP contribution in [-0.2, 0) is 21.2 Å². The Morgan fingerprint density at radius 2 is 1.76 bits per heavy atom. The van der Waals surface area contributed by atoms with Crippen LogP contribution in [0.3, 0.4) is 0 Å². The van der Waals surface area contributed by atoms with Crippen molar-refractivity contribution >= 4 is 27.5 Å². The Morgan fingerprint density at radius 3 is 2.33 bits per heavy atom. The van der Waals surface area contributed by atoms with Crippen LogP contribution in [0.1, 0.15) is 24.8 Å². The molecular weight excluding hydrogens is 470 g/mol. The largest absolute Gasteiger partial charge is 0.331 e. The summed E-state index contributed by atoms with van der Waals surface area (Å²) in [6.07, 6.45) is 3.22. The summed E-state index contributed by atoms with van der Waals surface area (Å²) >= 11 is 6.11. The minimum atomic E-state index is -3.91. The van der Waals surface area contributed by atoms with Crippen LogP contribution in [0.2, 0.25) is 5.02 Å². The second-order valence-electron chi connectivity index (χ2n) is 9.80. The third-order valence-corrected chi connectivity index (χ3v) is 8.16. The number of alkyl halides is 2. The number of hydrogen-bond donors (Lipinski definition) is 1. The second-order valence-corrected chi connectivity index (χ2v) is 12.0. The summed E-state index contributed by atoms with van der Waals surface area (Å²) in [6.45, 7) is -0.774. The van der Waals surface area contributed by atoms with E-state index >= 15 is 8.78 Å². The number of benzene rings is 2. The van der Waals surface area contributed by atoms with E-state index < -0.39 is 40.0 Å². The third kappa shape index (κ3) is 4.17. The average molecular weight is 495 g/mol. The molecule has 0 unspecified atom stereocenters. The first kappa shape index (κ1) is 22.7. The summed E-state index contributed by atoms with van der Waals surface area (Å²) in [5.41, 5.74) is 1.96. The molecule has 2 aromatic rings. The molecule has 3 saturated carbocycles. The molecule has 2 atom stereocenters. The molecule has 1 amide bonds. The molecule has 2 bridgehead atoms. The lowest BCUT2D eigenvalue weighted by Crippen LogP contribution is -2.62. The molecule has 0 aromatic heterocycles. The van der Waals surface area contributed by atoms with Crippen LogP contribution in [0.5, 0.6) is 0 Å². The van der Waals surface area contributed by atoms with Crippen molar-refractivity contribution in [2.75, 3.05) is 12.8 Å². The predicted molar refractivity (Wildman–Crippen MR) is 123 cm³/mol. The molecule has 1 saturated heterocycles. The van der Waals surface area contributed by atoms with Gasteiger partial charge in [-0.1, -0.05) is 48.0 Å². The van der Waals surface area contributed by atoms with Crippen molar-refractivity contribution in [3.63, 3.8) is 0 Å². The third-order valence-electron chi connectivity index (χ3n) is 7.24. The molecule has 4 fully saturated rings. The van der Waals surface area contributed by atoms with Gasteiger partial charge in [-0.05, 0) is 60.4 Å². The van der Waals surface area contributed by atoms with E-state index in [9.17, 15) is 13.2 Å². The Balaban J connectivity index is 1.48. The SMILES string of the molecule is CS(=O)(=O)N[C@@H]1[C@H](Cc2cccc(-c3cccc(Cl)c3)c2)N(C(=O)C23CC(C2)C3)CC1(F)F. The minimum Gasteiger partial charge on any atom is -0.331 e. The van der Waals surface area contributed by atoms with Crippen LogP contribution in [0, 0.1) is 11.3 Å². The number of carbonyl (C=O) groups is 1. The number of amides is 1. The second kappa shape index (κ2) is 7.75. The highest BCUT2D eigenvalue weighted by atomic mass is 35.5. The van der Waals surface area contributed by atoms with Gasteiger partial charge in [-0.15, -0.1) is 0 Å². The standard InChI is InChI=1S/C24H25ClF2N2O3S/c1-33(31,32)28-21-20(29(14-24(21,26)27)22(30)23-11-16(12-23)13-23)9-15-4-2-5-17(8-15)18-6-3-7-19(25)10-18/h2-8,10,16,20-21,28H,9,11-14H2,1H3/t16?,20-,21+,23?/m0/s1. The van der Waals surface area contributed by atoms with E-state index in [-0.39, 0.29) is 12.3 Å². The van der Waals surface area contributed by atoms with E-state index in [1.807, 2.05) is 42.5 Å². The fraction of sp³-hybridized carbons (Fsp3) is 0.458. The van der Waals surface area contributed by atoms with Crippen LogP contribution in [0.4, 0.5) is 8.78 Å². The van der Waals surface area contributed by atoms with E-state index in [1.165, 1.54) is 4.90 Å². The molecule has 176 valence electrons. The van der Waals surface area contributed by atoms with Crippen molar-refractivity contribution in [1.82, 2.24) is 9.62 Å². The number of hydrogen-bond acceptors (Lipinski definition) is 3. The Kier molecular flexibility index (Phi) is 5.34. The molecule has 1 N–H and O–H groups in total. The van der Waals surface area contributed by atoms with Crippen LogP contribution in [0.15, 0.2) is 48.5 Å². The molecule has 3 aliphatic carbocycles. The molecule has 5 nitrogen and oxygen atoms in total. The van der Waals surface area contributed by atoms with Gasteiger partial charge in [0.15, 0.2) is 0 Å². The molecule has 2 aromatic carbocycles. The van der Waals surface area contributed by atoms with Gasteiger partial charge in [-0.2, -0.15) is 0 Å². The lowest BCUT2D eigenvalue weighted by Gasteiger charge is -2.61. The first-order valence-corrected chi connectivity index (χ1v) is 13.2. The highest BCUT2D eigenvalue weighted by Crippen LogP contribution is 2.65. The zero-order chi connectivity index (χ0) is 23.6. The summed E-state index contributed by atoms with van der Waals surface area (Å²) in [4.78, 5) is 14.6. The van der Waals surface area contributed by atoms with Crippen LogP contribution < -0.4 is 4.72 Å². The van der Waals surface area contributed by atoms with Crippen LogP contribution in [0.25, 0.3) is 11.1 Å². The maximum atomic E-state index is 15.1. The highest BCUT2D eigenvalue weighted by molar-refractivity contribution is 7.88. The lowest BCUT2D eigenvalue weighted by atomic mass is 9.44. The smallest absolute Gasteiger partial charge is 0.283 e. The van der Waals surface area contributed by atoms with Gasteiger partial charge in [0.25, 0.3) is 5.92 Å². The molecule has 0 radical (unpaired) electrons. The fourth-order valence-electron chi connectivity index (χ4n) is 5.58. The van der Waals surface area contributed by atoms with Crippen molar-refractivity contribution in [1.29, 1.82) is 0 Å². The molecule has 1 heterocycles. The molecular formula is C24H25ClF2N2O3S. The quantitative estimate of drug-likeness (QED) is 0.657. The lowest BCUT2D eigenvalue weighted by molar-refractivity contribution is -0.178. The van der Waals surface area contributed by atoms with Gasteiger partial charge in [0.05, 0.1) is 24.3 Å². The maximum Gasteiger partial charge on any atom is 0.283 e. The van der Waals surface area contributed by atoms with Crippen molar-refractivity contribution in [3.8, 4) is 11.1 Å². The Hall–Kier alpha value is -2.03. The van der Waals surface area contributed by atoms with Gasteiger partial charge >= 0.3 is 0 Å². The van der Waals surface area contributed by atoms with E-state index in [4.69, 9.17) is 11.6 Å². The number of rotatable bonds is 6. The van der Waals surface area contributed by atoms with Gasteiger partial charge in [0, 0.05) is 5.02 Å². The monoisotopic (exact) mass is 494 g/mol. The van der Waals surface area contributed by atoms with Crippen molar-refractivity contribution in [2.45, 2.75) is 43.7 Å². The molecule has 0 spiro atoms. The summed E-state index contributed by atoms with van der Waals surface area (Å²) in [5, 5.41) is 0.584. The van der Waals surface area contributed by atoms with Gasteiger partial charge < -0.3 is 4.90 Å². The first-order valence-electron chi connectivity index (χ1n) is 11.0. The number of nitrogens with zero attached hydrogens (tertiary/aromatic N) is 1. The molecule has 4 aliphatic rings. The molecule has 6 rings (SSSR count). The zero-order valence-electron chi connectivity index (χ0n) is 18.1. The summed E-state index contributed by atoms with van der Waals surface area (Å²) in [6, 6.07) is 12.1. The van der Waals surface area contributed by atoms with Crippen LogP contribution >= 0.6 is 11.6 Å². The maximum absolute atomic E-state index is 15.1. The Morgan fingerprint density at radius 1 is 1.12 bits per heavy atom. The number of nitrogens with one attached hydrogen (secondary N) is 1. The summed E-state index contributed by atoms with van der Waals surface area (Å²) in [7, 11) is -3.91. The first-order chi connectivity index (χ1) is 15.5. The number of likely N-dealkylation sites (tertiary alicyclic amines) is 1. The van der Waals surface area contributed by atoms with Gasteiger partial charge in [0.2, 0.25) is 15.9 Å². The molecule has 9 heteroatoms. The topological polar surface area (TPSA) is 66.5 Å². The van der Waals surface area contributed by atoms with Crippen molar-refractivity contribution in [2.24, 2.45) is 11.3 Å². The van der Waals surface area contributed by atoms with Gasteiger partial charge in [-0.3, -0.25) is 4.79 Å². The average Bonchev–Trinajstić information content (AvgIpc) is 2.89. The Bertz CT molecular complexity index is 1200. The number of carbonyl (C=O) groups excluding carboxylic acids is 1. The zero-order valence-corrected chi connectivity index (χ0v) is 19.7. The van der Waals surface area contributed by atoms with Crippen molar-refractivity contribution < 1.29 is 22.0 Å². The van der Waals surface area contributed by atoms with Gasteiger partial charge in [-0.25, -0.2) is 21.9 Å². The fourth-order valence-corrected chi connectivity index (χ4v) is 6.56. The van der Waals surface area contributed by atoms with E-state index in [2.05, 4.69) is 4.72 Å². The summed E-state index contributed by atoms with van der Waals surface area (Å²) in [5.74, 6) is -3.11. The van der Waals surface area contributed by atoms with E-state index in [0.717, 1.165) is 42.2 Å². The number of sulfonamides is 1. The number of halogens is 3. The predicted octanol–water partition coefficient (Wildman–Crippen LogP) is 4.11. The normalized spacial score (nSPS) is 29.9. The van der Waals surface area contributed by atoms with E-state index in [1.54, 1.807) is 6.07 Å². The van der Waals surface area contributed by atoms with Crippen molar-refractivity contribution in [3.05, 3.63) is 59.1 Å². The molecule has 1 aliphatic heterocycles.